The number of ether oxygens (including phenoxy) is 19. The molecular formula is C74H84N18O19. The molecule has 4 fully saturated rings. The van der Waals surface area contributed by atoms with Crippen molar-refractivity contribution in [1.82, 2.24) is 0 Å². The van der Waals surface area contributed by atoms with Gasteiger partial charge in [-0.15, -0.1) is 6.42 Å². The van der Waals surface area contributed by atoms with Gasteiger partial charge in [0.2, 0.25) is 0 Å². The van der Waals surface area contributed by atoms with Crippen molar-refractivity contribution < 1.29 is 90.0 Å². The van der Waals surface area contributed by atoms with Crippen LogP contribution in [-0.2, 0) is 101 Å². The Balaban J connectivity index is 1.10. The number of methoxy groups -OCH3 is 6. The summed E-state index contributed by atoms with van der Waals surface area (Å²) < 4.78 is 122. The SMILES string of the molecule is C#CCOC[C@H]1O[C@@H](OC2C(OCc3ccc(OC)cc3)[C@H](N=[N+]=[N-])CC(N=[N+]=[N-])[C@H]2O[C@H]2OC(CN=[N+]=[N-])[C@@H](OCc3ccc(OC)cc3)[C@H](OCc3ccc(OC)cc3)C2N=[N+]=[N-])C(OCc2ccc(OC)cc2)C1O[C@H]1O[C@@H](CN=[N+]=[N-])[C@@H](OCc2ccc(OC)cc2)C(OCc2ccc(OC)cc2)C1N=[N+]=[N-]. The molecule has 3 heterocycles. The molecule has 19 atom stereocenters. The number of terminal acetylenes is 1. The first-order valence-electron chi connectivity index (χ1n) is 35.0. The van der Waals surface area contributed by atoms with Crippen LogP contribution in [0, 0.1) is 12.3 Å². The van der Waals surface area contributed by atoms with E-state index in [1.54, 1.807) is 153 Å². The van der Waals surface area contributed by atoms with Gasteiger partial charge in [0.25, 0.3) is 0 Å². The molecule has 0 bridgehead atoms. The van der Waals surface area contributed by atoms with Crippen LogP contribution in [0.5, 0.6) is 34.5 Å². The summed E-state index contributed by atoms with van der Waals surface area (Å²) in [5.41, 5.74) is 66.2. The van der Waals surface area contributed by atoms with E-state index >= 15 is 0 Å². The van der Waals surface area contributed by atoms with Gasteiger partial charge in [0, 0.05) is 29.5 Å². The smallest absolute Gasteiger partial charge is 0.187 e. The summed E-state index contributed by atoms with van der Waals surface area (Å²) in [6.07, 6.45) is -15.6. The lowest BCUT2D eigenvalue weighted by Crippen LogP contribution is -2.64. The molecule has 3 saturated heterocycles. The summed E-state index contributed by atoms with van der Waals surface area (Å²) >= 11 is 0. The number of nitrogens with zero attached hydrogens (tertiary/aromatic N) is 18. The Morgan fingerprint density at radius 3 is 0.964 bits per heavy atom. The third-order valence-electron chi connectivity index (χ3n) is 18.8. The molecule has 4 aliphatic rings. The van der Waals surface area contributed by atoms with Gasteiger partial charge in [0.1, 0.15) is 102 Å². The highest BCUT2D eigenvalue weighted by molar-refractivity contribution is 5.31. The van der Waals surface area contributed by atoms with E-state index in [0.29, 0.717) is 67.9 Å². The molecule has 1 saturated carbocycles. The van der Waals surface area contributed by atoms with Gasteiger partial charge in [0.05, 0.1) is 138 Å². The summed E-state index contributed by atoms with van der Waals surface area (Å²) in [6.45, 7) is -2.04. The van der Waals surface area contributed by atoms with E-state index in [-0.39, 0.29) is 65.8 Å². The maximum atomic E-state index is 10.7. The fourth-order valence-electron chi connectivity index (χ4n) is 13.2. The molecule has 111 heavy (non-hydrogen) atoms. The highest BCUT2D eigenvalue weighted by atomic mass is 16.8. The van der Waals surface area contributed by atoms with Crippen molar-refractivity contribution >= 4 is 0 Å². The number of rotatable bonds is 41. The van der Waals surface area contributed by atoms with Crippen LogP contribution in [0.4, 0.5) is 0 Å². The first-order valence-corrected chi connectivity index (χ1v) is 35.0. The molecular weight excluding hydrogens is 1440 g/mol. The lowest BCUT2D eigenvalue weighted by Gasteiger charge is -2.49. The second kappa shape index (κ2) is 42.8. The van der Waals surface area contributed by atoms with Crippen molar-refractivity contribution in [3.8, 4) is 46.8 Å². The Morgan fingerprint density at radius 1 is 0.342 bits per heavy atom. The molecule has 10 rings (SSSR count). The first kappa shape index (κ1) is 82.5. The highest BCUT2D eigenvalue weighted by Crippen LogP contribution is 2.42. The van der Waals surface area contributed by atoms with Crippen LogP contribution in [0.3, 0.4) is 0 Å². The first-order chi connectivity index (χ1) is 54.4. The Bertz CT molecular complexity index is 4260. The molecule has 6 aromatic rings. The van der Waals surface area contributed by atoms with Crippen molar-refractivity contribution in [1.29, 1.82) is 0 Å². The summed E-state index contributed by atoms with van der Waals surface area (Å²) in [6, 6.07) is 36.7. The summed E-state index contributed by atoms with van der Waals surface area (Å²) in [4.78, 5) is 19.3. The van der Waals surface area contributed by atoms with E-state index in [1.165, 1.54) is 35.5 Å². The minimum Gasteiger partial charge on any atom is -0.497 e. The van der Waals surface area contributed by atoms with Crippen molar-refractivity contribution in [2.45, 2.75) is 162 Å². The van der Waals surface area contributed by atoms with Gasteiger partial charge in [-0.2, -0.15) is 0 Å². The van der Waals surface area contributed by atoms with Gasteiger partial charge in [-0.1, -0.05) is 109 Å². The Labute approximate surface area is 638 Å². The minimum absolute atomic E-state index is 0.0422. The van der Waals surface area contributed by atoms with Gasteiger partial charge in [-0.05, 0) is 146 Å². The van der Waals surface area contributed by atoms with Gasteiger partial charge in [0.15, 0.2) is 18.9 Å². The number of hydrogen-bond acceptors (Lipinski definition) is 25. The highest BCUT2D eigenvalue weighted by Gasteiger charge is 2.58. The van der Waals surface area contributed by atoms with Gasteiger partial charge in [-0.3, -0.25) is 0 Å². The molecule has 37 nitrogen and oxygen atoms in total. The number of azide groups is 6. The number of hydrogen-bond donors (Lipinski definition) is 0. The van der Waals surface area contributed by atoms with Crippen LogP contribution in [0.2, 0.25) is 0 Å². The molecule has 3 aliphatic heterocycles. The normalized spacial score (nSPS) is 26.6. The predicted molar refractivity (Wildman–Crippen MR) is 394 cm³/mol. The molecule has 0 radical (unpaired) electrons. The van der Waals surface area contributed by atoms with E-state index in [1.807, 2.05) is 0 Å². The topological polar surface area (TPSA) is 468 Å². The lowest BCUT2D eigenvalue weighted by atomic mass is 9.83. The second-order valence-corrected chi connectivity index (χ2v) is 25.4. The minimum atomic E-state index is -1.73. The molecule has 6 aromatic carbocycles. The molecule has 9 unspecified atom stereocenters. The van der Waals surface area contributed by atoms with Crippen LogP contribution >= 0.6 is 0 Å². The summed E-state index contributed by atoms with van der Waals surface area (Å²) in [7, 11) is 9.18. The van der Waals surface area contributed by atoms with Crippen LogP contribution in [0.15, 0.2) is 176 Å². The zero-order chi connectivity index (χ0) is 78.3. The third-order valence-corrected chi connectivity index (χ3v) is 18.8. The summed E-state index contributed by atoms with van der Waals surface area (Å²) in [5.74, 6) is 5.88. The van der Waals surface area contributed by atoms with Crippen LogP contribution < -0.4 is 28.4 Å². The van der Waals surface area contributed by atoms with E-state index in [0.717, 1.165) is 0 Å². The standard InChI is InChI=1S/C74H84N18O19/c1-8-33-99-43-60-67(110-73-62(86-92-80)69(104-41-48-17-29-54(97-6)30-18-48)66(59(107-73)36-82-88-76)102-39-46-13-25-52(95-4)26-14-46)71(105-42-49-19-31-55(98-7)32-20-49)74(108-60)111-70-63(100-37-44-9-21-50(93-2)22-10-44)56(83-89-77)34-57(84-90-78)64(70)109-72-61(85-91-79)68(103-40-47-15-27-53(96-5)28-16-47)65(58(106-72)35-81-87-75)101-38-45-11-23-51(94-3)24-12-45/h1,9-32,56-74H,33-43H2,2-7H3/t56-,57?,58?,59+,60-,61?,62?,63?,64-,65-,66-,67?,68-,69?,70?,71?,72-,73-,74+/m1/s1. The lowest BCUT2D eigenvalue weighted by molar-refractivity contribution is -0.318. The zero-order valence-corrected chi connectivity index (χ0v) is 61.5. The third kappa shape index (κ3) is 22.4. The van der Waals surface area contributed by atoms with E-state index < -0.39 is 123 Å². The average Bonchev–Trinajstić information content (AvgIpc) is 1.75. The average molecular weight is 1530 g/mol. The van der Waals surface area contributed by atoms with E-state index in [2.05, 4.69) is 66.1 Å². The molecule has 1 aliphatic carbocycles. The van der Waals surface area contributed by atoms with Crippen LogP contribution in [0.25, 0.3) is 62.7 Å². The predicted octanol–water partition coefficient (Wildman–Crippen LogP) is 13.3. The fraction of sp³-hybridized carbons (Fsp3) is 0.486. The Kier molecular flexibility index (Phi) is 31.8. The second-order valence-electron chi connectivity index (χ2n) is 25.4. The molecule has 0 spiro atoms. The molecule has 584 valence electrons. The zero-order valence-electron chi connectivity index (χ0n) is 61.5. The van der Waals surface area contributed by atoms with Crippen LogP contribution in [-0.4, -0.2) is 185 Å². The number of benzene rings is 6. The van der Waals surface area contributed by atoms with E-state index in [9.17, 15) is 33.2 Å². The molecule has 37 heteroatoms. The van der Waals surface area contributed by atoms with Gasteiger partial charge >= 0.3 is 0 Å². The van der Waals surface area contributed by atoms with Crippen LogP contribution in [0.1, 0.15) is 39.8 Å². The Hall–Kier alpha value is -11.0. The molecule has 0 amide bonds. The van der Waals surface area contributed by atoms with E-state index in [4.69, 9.17) is 96.4 Å². The maximum Gasteiger partial charge on any atom is 0.187 e. The largest absolute Gasteiger partial charge is 0.497 e. The van der Waals surface area contributed by atoms with Crippen molar-refractivity contribution in [3.05, 3.63) is 242 Å². The molecule has 0 N–H and O–H groups in total. The van der Waals surface area contributed by atoms with Crippen molar-refractivity contribution in [2.75, 3.05) is 69.0 Å². The fourth-order valence-corrected chi connectivity index (χ4v) is 13.2. The maximum absolute atomic E-state index is 10.7. The van der Waals surface area contributed by atoms with Gasteiger partial charge < -0.3 is 90.0 Å². The monoisotopic (exact) mass is 1530 g/mol. The Morgan fingerprint density at radius 2 is 0.640 bits per heavy atom. The molecule has 0 aromatic heterocycles. The van der Waals surface area contributed by atoms with Gasteiger partial charge in [-0.25, -0.2) is 0 Å². The van der Waals surface area contributed by atoms with Crippen molar-refractivity contribution in [2.24, 2.45) is 30.7 Å². The summed E-state index contributed by atoms with van der Waals surface area (Å²) in [5, 5.41) is 25.0. The van der Waals surface area contributed by atoms with Crippen molar-refractivity contribution in [3.63, 3.8) is 0 Å². The quantitative estimate of drug-likeness (QED) is 0.0113.